The molecule has 2 N–H and O–H groups in total. The summed E-state index contributed by atoms with van der Waals surface area (Å²) in [7, 11) is 0. The van der Waals surface area contributed by atoms with Crippen LogP contribution in [0, 0.1) is 25.2 Å². The van der Waals surface area contributed by atoms with E-state index in [0.717, 1.165) is 11.1 Å². The number of nitrogens with zero attached hydrogens (tertiary/aromatic N) is 2. The van der Waals surface area contributed by atoms with Crippen molar-refractivity contribution in [2.75, 3.05) is 5.32 Å². The van der Waals surface area contributed by atoms with Crippen molar-refractivity contribution in [2.45, 2.75) is 13.8 Å². The third-order valence-electron chi connectivity index (χ3n) is 4.57. The maximum absolute atomic E-state index is 12.6. The van der Waals surface area contributed by atoms with E-state index < -0.39 is 11.9 Å². The number of hydrogen-bond acceptors (Lipinski definition) is 3. The highest BCUT2D eigenvalue weighted by atomic mass is 16.4. The second kappa shape index (κ2) is 8.28. The predicted molar refractivity (Wildman–Crippen MR) is 111 cm³/mol. The van der Waals surface area contributed by atoms with Crippen molar-refractivity contribution in [3.8, 4) is 11.8 Å². The first kappa shape index (κ1) is 19.6. The molecule has 0 aliphatic carbocycles. The van der Waals surface area contributed by atoms with Gasteiger partial charge >= 0.3 is 5.97 Å². The number of nitriles is 1. The molecule has 144 valence electrons. The molecule has 6 nitrogen and oxygen atoms in total. The normalized spacial score (nSPS) is 11.0. The molecule has 29 heavy (non-hydrogen) atoms. The predicted octanol–water partition coefficient (Wildman–Crippen LogP) is 4.34. The molecule has 0 aliphatic heterocycles. The summed E-state index contributed by atoms with van der Waals surface area (Å²) in [6.07, 6.45) is 3.22. The number of aromatic nitrogens is 1. The summed E-state index contributed by atoms with van der Waals surface area (Å²) in [5.41, 5.74) is 4.06. The fourth-order valence-corrected chi connectivity index (χ4v) is 2.85. The number of nitrogens with one attached hydrogen (secondary N) is 1. The number of benzene rings is 2. The van der Waals surface area contributed by atoms with E-state index in [4.69, 9.17) is 0 Å². The number of carboxylic acids is 1. The van der Waals surface area contributed by atoms with Crippen LogP contribution in [-0.4, -0.2) is 21.6 Å². The first-order chi connectivity index (χ1) is 13.9. The second-order valence-corrected chi connectivity index (χ2v) is 6.58. The van der Waals surface area contributed by atoms with Gasteiger partial charge in [-0.05, 0) is 73.5 Å². The molecule has 0 unspecified atom stereocenters. The van der Waals surface area contributed by atoms with Crippen LogP contribution in [0.4, 0.5) is 5.69 Å². The third kappa shape index (κ3) is 4.42. The fraction of sp³-hybridized carbons (Fsp3) is 0.0870. The summed E-state index contributed by atoms with van der Waals surface area (Å²) in [5.74, 6) is -1.54. The van der Waals surface area contributed by atoms with Crippen molar-refractivity contribution in [2.24, 2.45) is 0 Å². The van der Waals surface area contributed by atoms with Crippen molar-refractivity contribution in [1.29, 1.82) is 5.26 Å². The smallest absolute Gasteiger partial charge is 0.335 e. The van der Waals surface area contributed by atoms with Crippen molar-refractivity contribution in [3.63, 3.8) is 0 Å². The summed E-state index contributed by atoms with van der Waals surface area (Å²) in [5, 5.41) is 21.4. The average Bonchev–Trinajstić information content (AvgIpc) is 3.17. The van der Waals surface area contributed by atoms with Crippen LogP contribution in [0.15, 0.2) is 66.4 Å². The van der Waals surface area contributed by atoms with Crippen LogP contribution in [0.1, 0.15) is 27.2 Å². The largest absolute Gasteiger partial charge is 0.478 e. The van der Waals surface area contributed by atoms with Gasteiger partial charge in [0.15, 0.2) is 0 Å². The number of carbonyl (C=O) groups is 2. The minimum absolute atomic E-state index is 0.0578. The number of anilines is 1. The van der Waals surface area contributed by atoms with E-state index in [1.165, 1.54) is 18.2 Å². The minimum atomic E-state index is -1.03. The van der Waals surface area contributed by atoms with E-state index in [9.17, 15) is 20.0 Å². The Hall–Kier alpha value is -4.11. The van der Waals surface area contributed by atoms with Gasteiger partial charge in [-0.15, -0.1) is 0 Å². The molecule has 0 spiro atoms. The first-order valence-electron chi connectivity index (χ1n) is 8.90. The lowest BCUT2D eigenvalue weighted by molar-refractivity contribution is -0.112. The number of aryl methyl sites for hydroxylation is 2. The molecule has 0 saturated heterocycles. The van der Waals surface area contributed by atoms with E-state index in [-0.39, 0.29) is 11.1 Å². The number of hydrogen-bond donors (Lipinski definition) is 2. The van der Waals surface area contributed by atoms with Crippen molar-refractivity contribution in [1.82, 2.24) is 4.57 Å². The van der Waals surface area contributed by atoms with Gasteiger partial charge in [0.2, 0.25) is 0 Å². The van der Waals surface area contributed by atoms with Crippen molar-refractivity contribution < 1.29 is 14.7 Å². The highest BCUT2D eigenvalue weighted by Gasteiger charge is 2.12. The molecule has 0 bridgehead atoms. The first-order valence-corrected chi connectivity index (χ1v) is 8.90. The lowest BCUT2D eigenvalue weighted by atomic mass is 10.1. The quantitative estimate of drug-likeness (QED) is 0.504. The van der Waals surface area contributed by atoms with Crippen molar-refractivity contribution in [3.05, 3.63) is 88.8 Å². The number of aromatic carboxylic acids is 1. The van der Waals surface area contributed by atoms with E-state index in [2.05, 4.69) is 5.32 Å². The Morgan fingerprint density at radius 3 is 2.55 bits per heavy atom. The highest BCUT2D eigenvalue weighted by molar-refractivity contribution is 6.09. The van der Waals surface area contributed by atoms with Crippen LogP contribution in [0.5, 0.6) is 0 Å². The van der Waals surface area contributed by atoms with Gasteiger partial charge in [0, 0.05) is 23.3 Å². The molecule has 0 saturated carbocycles. The number of amides is 1. The standard InChI is InChI=1S/C23H19N3O3/c1-15-8-9-19(11-16(15)2)25-22(27)18(14-24)13-21-7-4-10-26(21)20-6-3-5-17(12-20)23(28)29/h3-13H,1-2H3,(H,25,27)(H,28,29). The fourth-order valence-electron chi connectivity index (χ4n) is 2.85. The van der Waals surface area contributed by atoms with Crippen molar-refractivity contribution >= 4 is 23.6 Å². The molecular weight excluding hydrogens is 366 g/mol. The zero-order chi connectivity index (χ0) is 21.0. The van der Waals surface area contributed by atoms with E-state index in [1.807, 2.05) is 32.0 Å². The number of rotatable bonds is 5. The monoisotopic (exact) mass is 385 g/mol. The Morgan fingerprint density at radius 1 is 1.07 bits per heavy atom. The summed E-state index contributed by atoms with van der Waals surface area (Å²) in [4.78, 5) is 23.8. The Labute approximate surface area is 168 Å². The van der Waals surface area contributed by atoms with Gasteiger partial charge < -0.3 is 15.0 Å². The maximum atomic E-state index is 12.6. The topological polar surface area (TPSA) is 95.1 Å². The van der Waals surface area contributed by atoms with Crippen LogP contribution in [0.25, 0.3) is 11.8 Å². The molecule has 6 heteroatoms. The second-order valence-electron chi connectivity index (χ2n) is 6.58. The summed E-state index contributed by atoms with van der Waals surface area (Å²) >= 11 is 0. The van der Waals surface area contributed by atoms with Gasteiger partial charge in [0.1, 0.15) is 11.6 Å². The van der Waals surface area contributed by atoms with Gasteiger partial charge in [-0.2, -0.15) is 5.26 Å². The maximum Gasteiger partial charge on any atom is 0.335 e. The van der Waals surface area contributed by atoms with Gasteiger partial charge in [0.05, 0.1) is 5.56 Å². The molecule has 3 rings (SSSR count). The summed E-state index contributed by atoms with van der Waals surface area (Å²) in [6, 6.07) is 17.4. The van der Waals surface area contributed by atoms with Crippen LogP contribution in [0.2, 0.25) is 0 Å². The Morgan fingerprint density at radius 2 is 1.86 bits per heavy atom. The summed E-state index contributed by atoms with van der Waals surface area (Å²) < 4.78 is 1.72. The van der Waals surface area contributed by atoms with Gasteiger partial charge in [-0.1, -0.05) is 12.1 Å². The van der Waals surface area contributed by atoms with Crippen LogP contribution < -0.4 is 5.32 Å². The Kier molecular flexibility index (Phi) is 5.61. The lowest BCUT2D eigenvalue weighted by Crippen LogP contribution is -2.14. The average molecular weight is 385 g/mol. The van der Waals surface area contributed by atoms with E-state index in [0.29, 0.717) is 17.1 Å². The zero-order valence-electron chi connectivity index (χ0n) is 16.0. The molecule has 0 atom stereocenters. The van der Waals surface area contributed by atoms with Gasteiger partial charge in [-0.3, -0.25) is 4.79 Å². The SMILES string of the molecule is Cc1ccc(NC(=O)C(C#N)=Cc2cccn2-c2cccc(C(=O)O)c2)cc1C. The van der Waals surface area contributed by atoms with E-state index in [1.54, 1.807) is 41.1 Å². The molecule has 3 aromatic rings. The van der Waals surface area contributed by atoms with E-state index >= 15 is 0 Å². The molecule has 2 aromatic carbocycles. The van der Waals surface area contributed by atoms with Crippen LogP contribution in [-0.2, 0) is 4.79 Å². The molecule has 1 aromatic heterocycles. The molecule has 1 heterocycles. The Bertz CT molecular complexity index is 1170. The van der Waals surface area contributed by atoms with Crippen LogP contribution >= 0.6 is 0 Å². The van der Waals surface area contributed by atoms with Gasteiger partial charge in [0.25, 0.3) is 5.91 Å². The van der Waals surface area contributed by atoms with Crippen LogP contribution in [0.3, 0.4) is 0 Å². The lowest BCUT2D eigenvalue weighted by Gasteiger charge is -2.09. The molecular formula is C23H19N3O3. The molecule has 0 fully saturated rings. The third-order valence-corrected chi connectivity index (χ3v) is 4.57. The molecule has 0 aliphatic rings. The number of carbonyl (C=O) groups excluding carboxylic acids is 1. The number of carboxylic acid groups (broad SMARTS) is 1. The zero-order valence-corrected chi connectivity index (χ0v) is 16.0. The van der Waals surface area contributed by atoms with Gasteiger partial charge in [-0.25, -0.2) is 4.79 Å². The summed E-state index contributed by atoms with van der Waals surface area (Å²) in [6.45, 7) is 3.93. The highest BCUT2D eigenvalue weighted by Crippen LogP contribution is 2.19. The molecule has 1 amide bonds. The molecule has 0 radical (unpaired) electrons. The Balaban J connectivity index is 1.90. The minimum Gasteiger partial charge on any atom is -0.478 e.